The van der Waals surface area contributed by atoms with Gasteiger partial charge in [0.1, 0.15) is 10.9 Å². The molecule has 0 aliphatic carbocycles. The van der Waals surface area contributed by atoms with E-state index in [4.69, 9.17) is 4.42 Å². The largest absolute Gasteiger partial charge is 0.451 e. The summed E-state index contributed by atoms with van der Waals surface area (Å²) in [6, 6.07) is 13.2. The quantitative estimate of drug-likeness (QED) is 0.435. The number of nitrogens with zero attached hydrogens (tertiary/aromatic N) is 3. The van der Waals surface area contributed by atoms with Gasteiger partial charge < -0.3 is 14.5 Å². The molecule has 0 spiro atoms. The number of fused-ring (bicyclic) bond motifs is 1. The number of benzene rings is 2. The summed E-state index contributed by atoms with van der Waals surface area (Å²) in [5.74, 6) is -0.343. The van der Waals surface area contributed by atoms with Crippen molar-refractivity contribution in [2.24, 2.45) is 5.16 Å². The van der Waals surface area contributed by atoms with Gasteiger partial charge in [0.2, 0.25) is 10.0 Å². The molecular formula is C21H20BrN3O5S. The summed E-state index contributed by atoms with van der Waals surface area (Å²) in [5.41, 5.74) is 1.38. The van der Waals surface area contributed by atoms with Gasteiger partial charge >= 0.3 is 0 Å². The lowest BCUT2D eigenvalue weighted by atomic mass is 10.1. The fraction of sp³-hybridized carbons (Fsp3) is 0.238. The van der Waals surface area contributed by atoms with E-state index in [0.717, 1.165) is 10.0 Å². The van der Waals surface area contributed by atoms with Crippen molar-refractivity contribution in [1.82, 2.24) is 9.21 Å². The van der Waals surface area contributed by atoms with Crippen LogP contribution < -0.4 is 5.36 Å². The highest BCUT2D eigenvalue weighted by molar-refractivity contribution is 9.10. The molecule has 31 heavy (non-hydrogen) atoms. The van der Waals surface area contributed by atoms with E-state index in [1.165, 1.54) is 15.3 Å². The monoisotopic (exact) mass is 505 g/mol. The summed E-state index contributed by atoms with van der Waals surface area (Å²) in [6.07, 6.45) is 0. The van der Waals surface area contributed by atoms with Crippen LogP contribution in [0.25, 0.3) is 11.0 Å². The van der Waals surface area contributed by atoms with E-state index in [-0.39, 0.29) is 48.1 Å². The van der Waals surface area contributed by atoms with Crippen molar-refractivity contribution in [3.63, 3.8) is 0 Å². The van der Waals surface area contributed by atoms with Crippen LogP contribution in [-0.4, -0.2) is 54.9 Å². The first-order valence-corrected chi connectivity index (χ1v) is 11.8. The van der Waals surface area contributed by atoms with Gasteiger partial charge in [-0.3, -0.25) is 4.79 Å². The van der Waals surface area contributed by atoms with Crippen LogP contribution in [0.5, 0.6) is 0 Å². The average Bonchev–Trinajstić information content (AvgIpc) is 2.78. The molecule has 2 aromatic carbocycles. The molecule has 1 saturated heterocycles. The summed E-state index contributed by atoms with van der Waals surface area (Å²) in [5, 5.41) is 13.5. The molecule has 4 rings (SSSR count). The lowest BCUT2D eigenvalue weighted by molar-refractivity contribution is 0.0666. The van der Waals surface area contributed by atoms with E-state index in [9.17, 15) is 18.4 Å². The molecule has 1 amide bonds. The Labute approximate surface area is 187 Å². The van der Waals surface area contributed by atoms with Crippen molar-refractivity contribution in [3.8, 4) is 0 Å². The molecule has 1 N–H and O–H groups in total. The minimum Gasteiger partial charge on any atom is -0.451 e. The van der Waals surface area contributed by atoms with Gasteiger partial charge in [-0.1, -0.05) is 27.2 Å². The first kappa shape index (κ1) is 21.5. The van der Waals surface area contributed by atoms with Gasteiger partial charge in [0.15, 0.2) is 5.76 Å². The number of halogens is 1. The minimum absolute atomic E-state index is 0.0371. The summed E-state index contributed by atoms with van der Waals surface area (Å²) in [7, 11) is -3.63. The molecule has 1 aromatic heterocycles. The highest BCUT2D eigenvalue weighted by Gasteiger charge is 2.31. The molecule has 0 saturated carbocycles. The van der Waals surface area contributed by atoms with Crippen LogP contribution in [0.1, 0.15) is 16.1 Å². The zero-order valence-electron chi connectivity index (χ0n) is 16.7. The summed E-state index contributed by atoms with van der Waals surface area (Å²) < 4.78 is 33.7. The van der Waals surface area contributed by atoms with Crippen LogP contribution in [0.4, 0.5) is 0 Å². The molecule has 3 aromatic rings. The molecular weight excluding hydrogens is 486 g/mol. The molecule has 8 nitrogen and oxygen atoms in total. The summed E-state index contributed by atoms with van der Waals surface area (Å²) >= 11 is 3.30. The van der Waals surface area contributed by atoms with E-state index < -0.39 is 10.0 Å². The molecule has 1 fully saturated rings. The Morgan fingerprint density at radius 3 is 2.39 bits per heavy atom. The maximum atomic E-state index is 13.0. The number of piperazine rings is 1. The predicted molar refractivity (Wildman–Crippen MR) is 117 cm³/mol. The Morgan fingerprint density at radius 1 is 1.06 bits per heavy atom. The van der Waals surface area contributed by atoms with Crippen LogP contribution in [0, 0.1) is 6.92 Å². The highest BCUT2D eigenvalue weighted by Crippen LogP contribution is 2.21. The van der Waals surface area contributed by atoms with Crippen molar-refractivity contribution >= 4 is 42.8 Å². The number of hydrogen-bond donors (Lipinski definition) is 1. The van der Waals surface area contributed by atoms with Crippen LogP contribution in [0.15, 0.2) is 67.5 Å². The van der Waals surface area contributed by atoms with Crippen molar-refractivity contribution in [3.05, 3.63) is 69.7 Å². The third kappa shape index (κ3) is 4.23. The van der Waals surface area contributed by atoms with Crippen molar-refractivity contribution in [2.45, 2.75) is 11.8 Å². The van der Waals surface area contributed by atoms with Gasteiger partial charge in [-0.05, 0) is 48.9 Å². The number of amides is 1. The van der Waals surface area contributed by atoms with Gasteiger partial charge in [0.25, 0.3) is 5.91 Å². The molecule has 0 atom stereocenters. The third-order valence-corrected chi connectivity index (χ3v) is 7.64. The number of sulfonamides is 1. The molecule has 0 bridgehead atoms. The van der Waals surface area contributed by atoms with Gasteiger partial charge in [-0.25, -0.2) is 8.42 Å². The lowest BCUT2D eigenvalue weighted by Gasteiger charge is -2.33. The molecule has 2 heterocycles. The normalized spacial score (nSPS) is 16.1. The second-order valence-corrected chi connectivity index (χ2v) is 10.1. The fourth-order valence-corrected chi connectivity index (χ4v) is 5.19. The van der Waals surface area contributed by atoms with Gasteiger partial charge in [0, 0.05) is 42.1 Å². The average molecular weight is 506 g/mol. The van der Waals surface area contributed by atoms with Gasteiger partial charge in [-0.2, -0.15) is 4.31 Å². The molecule has 0 unspecified atom stereocenters. The zero-order chi connectivity index (χ0) is 22.2. The molecule has 1 aliphatic heterocycles. The Kier molecular flexibility index (Phi) is 5.87. The first-order valence-electron chi connectivity index (χ1n) is 9.57. The second-order valence-electron chi connectivity index (χ2n) is 7.25. The van der Waals surface area contributed by atoms with E-state index in [1.807, 2.05) is 13.0 Å². The summed E-state index contributed by atoms with van der Waals surface area (Å²) in [4.78, 5) is 14.7. The second kappa shape index (κ2) is 8.45. The van der Waals surface area contributed by atoms with Crippen LogP contribution in [-0.2, 0) is 10.0 Å². The molecule has 0 radical (unpaired) electrons. The standard InChI is InChI=1S/C21H20BrN3O5S/c1-14-2-7-17-18(23-27)13-20(30-19(17)12-14)21(26)24-8-10-25(11-9-24)31(28,29)16-5-3-15(22)4-6-16/h2-7,12-13,27H,8-11H2,1H3/b23-18+. The first-order chi connectivity index (χ1) is 14.8. The number of hydrogen-bond acceptors (Lipinski definition) is 6. The SMILES string of the molecule is Cc1ccc2/c(=N/O)cc(C(=O)N3CCN(S(=O)(=O)c4ccc(Br)cc4)CC3)oc2c1. The van der Waals surface area contributed by atoms with E-state index in [1.54, 1.807) is 36.4 Å². The number of rotatable bonds is 3. The third-order valence-electron chi connectivity index (χ3n) is 5.20. The Balaban J connectivity index is 1.54. The fourth-order valence-electron chi connectivity index (χ4n) is 3.51. The topological polar surface area (TPSA) is 103 Å². The number of carbonyl (C=O) groups excluding carboxylic acids is 1. The van der Waals surface area contributed by atoms with Crippen LogP contribution >= 0.6 is 15.9 Å². The molecule has 1 aliphatic rings. The smallest absolute Gasteiger partial charge is 0.289 e. The van der Waals surface area contributed by atoms with E-state index >= 15 is 0 Å². The van der Waals surface area contributed by atoms with Crippen molar-refractivity contribution in [1.29, 1.82) is 0 Å². The maximum absolute atomic E-state index is 13.0. The van der Waals surface area contributed by atoms with E-state index in [2.05, 4.69) is 21.1 Å². The van der Waals surface area contributed by atoms with Gasteiger partial charge in [0.05, 0.1) is 4.90 Å². The predicted octanol–water partition coefficient (Wildman–Crippen LogP) is 2.94. The highest BCUT2D eigenvalue weighted by atomic mass is 79.9. The van der Waals surface area contributed by atoms with E-state index in [0.29, 0.717) is 11.0 Å². The van der Waals surface area contributed by atoms with Crippen molar-refractivity contribution < 1.29 is 22.8 Å². The van der Waals surface area contributed by atoms with Crippen molar-refractivity contribution in [2.75, 3.05) is 26.2 Å². The maximum Gasteiger partial charge on any atom is 0.289 e. The Morgan fingerprint density at radius 2 is 1.74 bits per heavy atom. The van der Waals surface area contributed by atoms with Crippen LogP contribution in [0.2, 0.25) is 0 Å². The number of aryl methyl sites for hydroxylation is 1. The molecule has 162 valence electrons. The lowest BCUT2D eigenvalue weighted by Crippen LogP contribution is -2.50. The Bertz CT molecular complexity index is 1310. The minimum atomic E-state index is -3.63. The Hall–Kier alpha value is -2.69. The van der Waals surface area contributed by atoms with Crippen LogP contribution in [0.3, 0.4) is 0 Å². The number of carbonyl (C=O) groups is 1. The van der Waals surface area contributed by atoms with Gasteiger partial charge in [-0.15, -0.1) is 0 Å². The summed E-state index contributed by atoms with van der Waals surface area (Å²) in [6.45, 7) is 2.69. The molecule has 10 heteroatoms. The zero-order valence-corrected chi connectivity index (χ0v) is 19.1.